The summed E-state index contributed by atoms with van der Waals surface area (Å²) in [6, 6.07) is 3.18. The third-order valence-corrected chi connectivity index (χ3v) is 2.79. The summed E-state index contributed by atoms with van der Waals surface area (Å²) in [5, 5.41) is 9.12. The molecule has 1 aromatic rings. The van der Waals surface area contributed by atoms with Crippen molar-refractivity contribution in [2.24, 2.45) is 0 Å². The fourth-order valence-corrected chi connectivity index (χ4v) is 1.45. The number of nitrogens with zero attached hydrogens (tertiary/aromatic N) is 1. The average Bonchev–Trinajstić information content (AvgIpc) is 2.31. The van der Waals surface area contributed by atoms with Gasteiger partial charge in [0.25, 0.3) is 5.56 Å². The summed E-state index contributed by atoms with van der Waals surface area (Å²) in [5.74, 6) is -0.865. The summed E-state index contributed by atoms with van der Waals surface area (Å²) in [7, 11) is 0. The summed E-state index contributed by atoms with van der Waals surface area (Å²) in [6.45, 7) is 5.45. The second-order valence-electron chi connectivity index (χ2n) is 4.61. The monoisotopic (exact) mass is 253 g/mol. The van der Waals surface area contributed by atoms with Gasteiger partial charge in [-0.2, -0.15) is 0 Å². The maximum atomic E-state index is 12.1. The highest BCUT2D eigenvalue weighted by atomic mass is 16.5. The van der Waals surface area contributed by atoms with Crippen LogP contribution in [0.5, 0.6) is 5.75 Å². The number of hydrogen-bond donors (Lipinski definition) is 1. The van der Waals surface area contributed by atoms with Gasteiger partial charge in [0, 0.05) is 6.20 Å². The number of aromatic nitrogens is 1. The van der Waals surface area contributed by atoms with Crippen molar-refractivity contribution in [2.45, 2.75) is 39.2 Å². The van der Waals surface area contributed by atoms with Gasteiger partial charge in [0.05, 0.1) is 6.61 Å². The number of hydrogen-bond acceptors (Lipinski definition) is 3. The van der Waals surface area contributed by atoms with Gasteiger partial charge in [0.1, 0.15) is 5.54 Å². The largest absolute Gasteiger partial charge is 0.488 e. The quantitative estimate of drug-likeness (QED) is 0.785. The molecule has 0 aromatic carbocycles. The van der Waals surface area contributed by atoms with Crippen molar-refractivity contribution < 1.29 is 14.6 Å². The SMILES string of the molecule is CCCCOc1cccn(C(C)(C)C(=O)O)c1=O. The Bertz CT molecular complexity index is 476. The fraction of sp³-hybridized carbons (Fsp3) is 0.538. The molecule has 0 radical (unpaired) electrons. The number of aliphatic carboxylic acids is 1. The van der Waals surface area contributed by atoms with Crippen molar-refractivity contribution in [3.8, 4) is 5.75 Å². The minimum Gasteiger partial charge on any atom is -0.488 e. The average molecular weight is 253 g/mol. The third-order valence-electron chi connectivity index (χ3n) is 2.79. The Balaban J connectivity index is 3.06. The molecular weight excluding hydrogens is 234 g/mol. The fourth-order valence-electron chi connectivity index (χ4n) is 1.45. The standard InChI is InChI=1S/C13H19NO4/c1-4-5-9-18-10-7-6-8-14(11(10)15)13(2,3)12(16)17/h6-8H,4-5,9H2,1-3H3,(H,16,17). The first-order valence-corrected chi connectivity index (χ1v) is 5.99. The number of pyridine rings is 1. The van der Waals surface area contributed by atoms with Crippen molar-refractivity contribution in [3.05, 3.63) is 28.7 Å². The first-order valence-electron chi connectivity index (χ1n) is 5.99. The number of ether oxygens (including phenoxy) is 1. The zero-order chi connectivity index (χ0) is 13.8. The van der Waals surface area contributed by atoms with Gasteiger partial charge in [-0.15, -0.1) is 0 Å². The van der Waals surface area contributed by atoms with Crippen LogP contribution in [0, 0.1) is 0 Å². The molecule has 5 nitrogen and oxygen atoms in total. The van der Waals surface area contributed by atoms with Crippen molar-refractivity contribution in [2.75, 3.05) is 6.61 Å². The summed E-state index contributed by atoms with van der Waals surface area (Å²) in [4.78, 5) is 23.2. The van der Waals surface area contributed by atoms with Gasteiger partial charge in [-0.05, 0) is 32.4 Å². The molecule has 100 valence electrons. The van der Waals surface area contributed by atoms with Crippen LogP contribution in [0.1, 0.15) is 33.6 Å². The first kappa shape index (κ1) is 14.3. The molecule has 1 aromatic heterocycles. The number of carboxylic acid groups (broad SMARTS) is 1. The minimum absolute atomic E-state index is 0.195. The van der Waals surface area contributed by atoms with E-state index in [0.29, 0.717) is 6.61 Å². The van der Waals surface area contributed by atoms with Crippen molar-refractivity contribution >= 4 is 5.97 Å². The van der Waals surface area contributed by atoms with Crippen LogP contribution in [0.3, 0.4) is 0 Å². The predicted octanol–water partition coefficient (Wildman–Crippen LogP) is 1.85. The molecule has 0 saturated carbocycles. The number of rotatable bonds is 6. The lowest BCUT2D eigenvalue weighted by Gasteiger charge is -2.22. The molecule has 0 amide bonds. The zero-order valence-electron chi connectivity index (χ0n) is 11.0. The molecule has 0 fully saturated rings. The van der Waals surface area contributed by atoms with E-state index in [1.54, 1.807) is 12.1 Å². The lowest BCUT2D eigenvalue weighted by molar-refractivity contribution is -0.145. The van der Waals surface area contributed by atoms with Gasteiger partial charge in [0.15, 0.2) is 5.75 Å². The van der Waals surface area contributed by atoms with Gasteiger partial charge in [-0.1, -0.05) is 13.3 Å². The number of unbranched alkanes of at least 4 members (excludes halogenated alkanes) is 1. The summed E-state index contributed by atoms with van der Waals surface area (Å²) in [6.07, 6.45) is 3.29. The van der Waals surface area contributed by atoms with Crippen LogP contribution < -0.4 is 10.3 Å². The summed E-state index contributed by atoms with van der Waals surface area (Å²) < 4.78 is 6.54. The minimum atomic E-state index is -1.29. The molecular formula is C13H19NO4. The molecule has 0 saturated heterocycles. The summed E-state index contributed by atoms with van der Waals surface area (Å²) >= 11 is 0. The van der Waals surface area contributed by atoms with Crippen LogP contribution in [0.4, 0.5) is 0 Å². The van der Waals surface area contributed by atoms with E-state index in [-0.39, 0.29) is 5.75 Å². The Morgan fingerprint density at radius 1 is 1.50 bits per heavy atom. The molecule has 0 atom stereocenters. The van der Waals surface area contributed by atoms with Gasteiger partial charge in [0.2, 0.25) is 0 Å². The van der Waals surface area contributed by atoms with E-state index in [1.165, 1.54) is 24.6 Å². The van der Waals surface area contributed by atoms with Gasteiger partial charge in [-0.25, -0.2) is 4.79 Å². The van der Waals surface area contributed by atoms with Crippen LogP contribution in [0.25, 0.3) is 0 Å². The molecule has 5 heteroatoms. The summed E-state index contributed by atoms with van der Waals surface area (Å²) in [5.41, 5.74) is -1.71. The highest BCUT2D eigenvalue weighted by Crippen LogP contribution is 2.14. The van der Waals surface area contributed by atoms with E-state index >= 15 is 0 Å². The van der Waals surface area contributed by atoms with Gasteiger partial charge >= 0.3 is 5.97 Å². The van der Waals surface area contributed by atoms with E-state index in [4.69, 9.17) is 9.84 Å². The Kier molecular flexibility index (Phi) is 4.53. The van der Waals surface area contributed by atoms with E-state index < -0.39 is 17.1 Å². The molecule has 18 heavy (non-hydrogen) atoms. The topological polar surface area (TPSA) is 68.5 Å². The third kappa shape index (κ3) is 2.91. The normalized spacial score (nSPS) is 11.3. The molecule has 1 N–H and O–H groups in total. The van der Waals surface area contributed by atoms with Crippen LogP contribution in [0.2, 0.25) is 0 Å². The molecule has 0 spiro atoms. The number of carbonyl (C=O) groups is 1. The maximum Gasteiger partial charge on any atom is 0.329 e. The van der Waals surface area contributed by atoms with Gasteiger partial charge in [-0.3, -0.25) is 9.36 Å². The van der Waals surface area contributed by atoms with Crippen LogP contribution >= 0.6 is 0 Å². The van der Waals surface area contributed by atoms with Crippen LogP contribution in [0.15, 0.2) is 23.1 Å². The van der Waals surface area contributed by atoms with Crippen molar-refractivity contribution in [3.63, 3.8) is 0 Å². The smallest absolute Gasteiger partial charge is 0.329 e. The molecule has 1 rings (SSSR count). The predicted molar refractivity (Wildman–Crippen MR) is 68.1 cm³/mol. The van der Waals surface area contributed by atoms with E-state index in [9.17, 15) is 9.59 Å². The van der Waals surface area contributed by atoms with Crippen LogP contribution in [-0.2, 0) is 10.3 Å². The second kappa shape index (κ2) is 5.71. The highest BCUT2D eigenvalue weighted by Gasteiger charge is 2.30. The van der Waals surface area contributed by atoms with Crippen LogP contribution in [-0.4, -0.2) is 22.2 Å². The van der Waals surface area contributed by atoms with E-state index in [1.807, 2.05) is 6.92 Å². The Labute approximate surface area is 106 Å². The lowest BCUT2D eigenvalue weighted by Crippen LogP contribution is -2.42. The molecule has 0 unspecified atom stereocenters. The molecule has 1 heterocycles. The molecule has 0 aliphatic carbocycles. The second-order valence-corrected chi connectivity index (χ2v) is 4.61. The Hall–Kier alpha value is -1.78. The molecule has 0 aliphatic heterocycles. The maximum absolute atomic E-state index is 12.1. The Morgan fingerprint density at radius 2 is 2.17 bits per heavy atom. The Morgan fingerprint density at radius 3 is 2.72 bits per heavy atom. The first-order chi connectivity index (χ1) is 8.41. The molecule has 0 bridgehead atoms. The molecule has 0 aliphatic rings. The van der Waals surface area contributed by atoms with E-state index in [2.05, 4.69) is 0 Å². The highest BCUT2D eigenvalue weighted by molar-refractivity contribution is 5.75. The van der Waals surface area contributed by atoms with E-state index in [0.717, 1.165) is 12.8 Å². The van der Waals surface area contributed by atoms with Crippen molar-refractivity contribution in [1.82, 2.24) is 4.57 Å². The number of carboxylic acids is 1. The zero-order valence-corrected chi connectivity index (χ0v) is 11.0. The lowest BCUT2D eigenvalue weighted by atomic mass is 10.1. The van der Waals surface area contributed by atoms with Crippen molar-refractivity contribution in [1.29, 1.82) is 0 Å². The van der Waals surface area contributed by atoms with Gasteiger partial charge < -0.3 is 9.84 Å².